The Bertz CT molecular complexity index is 783. The van der Waals surface area contributed by atoms with Gasteiger partial charge in [0.25, 0.3) is 0 Å². The van der Waals surface area contributed by atoms with E-state index in [1.807, 2.05) is 55.6 Å². The Morgan fingerprint density at radius 3 is 2.43 bits per heavy atom. The van der Waals surface area contributed by atoms with Gasteiger partial charge in [-0.3, -0.25) is 0 Å². The highest BCUT2D eigenvalue weighted by Crippen LogP contribution is 2.34. The highest BCUT2D eigenvalue weighted by atomic mass is 35.5. The lowest BCUT2D eigenvalue weighted by molar-refractivity contribution is 1.17. The van der Waals surface area contributed by atoms with Crippen molar-refractivity contribution >= 4 is 23.2 Å². The topological polar surface area (TPSA) is 25.8 Å². The third kappa shape index (κ3) is 2.78. The molecular formula is C17H12Cl2N2. The lowest BCUT2D eigenvalue weighted by Crippen LogP contribution is -1.93. The summed E-state index contributed by atoms with van der Waals surface area (Å²) in [6.45, 7) is 1.99. The molecule has 0 atom stereocenters. The zero-order valence-electron chi connectivity index (χ0n) is 11.3. The summed E-state index contributed by atoms with van der Waals surface area (Å²) in [4.78, 5) is 8.59. The summed E-state index contributed by atoms with van der Waals surface area (Å²) in [6.07, 6.45) is 3.36. The molecule has 0 bridgehead atoms. The van der Waals surface area contributed by atoms with Gasteiger partial charge in [0.1, 0.15) is 6.33 Å². The third-order valence-electron chi connectivity index (χ3n) is 3.39. The first-order chi connectivity index (χ1) is 10.2. The molecule has 0 aliphatic heterocycles. The van der Waals surface area contributed by atoms with Gasteiger partial charge in [-0.2, -0.15) is 0 Å². The van der Waals surface area contributed by atoms with E-state index in [1.165, 1.54) is 0 Å². The molecule has 0 unspecified atom stereocenters. The molecule has 0 amide bonds. The van der Waals surface area contributed by atoms with Gasteiger partial charge < -0.3 is 0 Å². The Morgan fingerprint density at radius 1 is 0.905 bits per heavy atom. The number of hydrogen-bond acceptors (Lipinski definition) is 2. The third-order valence-corrected chi connectivity index (χ3v) is 4.05. The van der Waals surface area contributed by atoms with Gasteiger partial charge >= 0.3 is 0 Å². The molecule has 0 aliphatic carbocycles. The maximum atomic E-state index is 6.22. The van der Waals surface area contributed by atoms with Gasteiger partial charge in [-0.05, 0) is 36.2 Å². The van der Waals surface area contributed by atoms with Crippen LogP contribution in [0.2, 0.25) is 10.0 Å². The molecule has 4 heteroatoms. The molecule has 3 aromatic rings. The first-order valence-electron chi connectivity index (χ1n) is 6.48. The Balaban J connectivity index is 2.21. The van der Waals surface area contributed by atoms with Crippen molar-refractivity contribution in [3.05, 3.63) is 70.6 Å². The number of halogens is 2. The molecule has 2 aromatic carbocycles. The number of aromatic nitrogens is 2. The Hall–Kier alpha value is -1.90. The minimum Gasteiger partial charge on any atom is -0.244 e. The van der Waals surface area contributed by atoms with Gasteiger partial charge in [-0.25, -0.2) is 9.97 Å². The van der Waals surface area contributed by atoms with Crippen molar-refractivity contribution in [3.8, 4) is 22.4 Å². The Morgan fingerprint density at radius 2 is 1.67 bits per heavy atom. The summed E-state index contributed by atoms with van der Waals surface area (Å²) >= 11 is 12.2. The molecule has 0 aliphatic rings. The SMILES string of the molecule is Cc1c(Cl)cccc1-c1ncncc1-c1ccc(Cl)cc1. The monoisotopic (exact) mass is 314 g/mol. The molecule has 104 valence electrons. The highest BCUT2D eigenvalue weighted by molar-refractivity contribution is 6.31. The van der Waals surface area contributed by atoms with E-state index in [-0.39, 0.29) is 0 Å². The number of nitrogens with zero attached hydrogens (tertiary/aromatic N) is 2. The summed E-state index contributed by atoms with van der Waals surface area (Å²) in [5.41, 5.74) is 4.86. The first-order valence-corrected chi connectivity index (χ1v) is 7.24. The van der Waals surface area contributed by atoms with Gasteiger partial charge in [0.15, 0.2) is 0 Å². The molecule has 0 fully saturated rings. The van der Waals surface area contributed by atoms with Crippen LogP contribution < -0.4 is 0 Å². The minimum atomic E-state index is 0.705. The normalized spacial score (nSPS) is 10.6. The van der Waals surface area contributed by atoms with Crippen LogP contribution in [0, 0.1) is 6.92 Å². The van der Waals surface area contributed by atoms with E-state index in [0.29, 0.717) is 5.02 Å². The van der Waals surface area contributed by atoms with Gasteiger partial charge in [0.2, 0.25) is 0 Å². The maximum absolute atomic E-state index is 6.22. The van der Waals surface area contributed by atoms with Crippen LogP contribution in [0.5, 0.6) is 0 Å². The molecular weight excluding hydrogens is 303 g/mol. The van der Waals surface area contributed by atoms with Gasteiger partial charge in [-0.1, -0.05) is 47.5 Å². The summed E-state index contributed by atoms with van der Waals surface area (Å²) < 4.78 is 0. The second-order valence-corrected chi connectivity index (χ2v) is 5.55. The molecule has 0 N–H and O–H groups in total. The summed E-state index contributed by atoms with van der Waals surface area (Å²) in [5.74, 6) is 0. The van der Waals surface area contributed by atoms with Crippen LogP contribution in [-0.2, 0) is 0 Å². The molecule has 3 rings (SSSR count). The first kappa shape index (κ1) is 14.1. The highest BCUT2D eigenvalue weighted by Gasteiger charge is 2.12. The fourth-order valence-corrected chi connectivity index (χ4v) is 2.55. The van der Waals surface area contributed by atoms with E-state index in [4.69, 9.17) is 23.2 Å². The van der Waals surface area contributed by atoms with Gasteiger partial charge in [-0.15, -0.1) is 0 Å². The molecule has 1 heterocycles. The van der Waals surface area contributed by atoms with Gasteiger partial charge in [0.05, 0.1) is 5.69 Å². The van der Waals surface area contributed by atoms with Crippen molar-refractivity contribution < 1.29 is 0 Å². The van der Waals surface area contributed by atoms with Crippen molar-refractivity contribution in [1.82, 2.24) is 9.97 Å². The quantitative estimate of drug-likeness (QED) is 0.630. The summed E-state index contributed by atoms with van der Waals surface area (Å²) in [6, 6.07) is 13.5. The number of hydrogen-bond donors (Lipinski definition) is 0. The largest absolute Gasteiger partial charge is 0.244 e. The molecule has 0 spiro atoms. The van der Waals surface area contributed by atoms with Crippen LogP contribution in [0.3, 0.4) is 0 Å². The summed E-state index contributed by atoms with van der Waals surface area (Å²) in [5, 5.41) is 1.43. The maximum Gasteiger partial charge on any atom is 0.116 e. The van der Waals surface area contributed by atoms with Crippen molar-refractivity contribution in [3.63, 3.8) is 0 Å². The van der Waals surface area contributed by atoms with E-state index >= 15 is 0 Å². The number of rotatable bonds is 2. The average molecular weight is 315 g/mol. The zero-order chi connectivity index (χ0) is 14.8. The molecule has 0 saturated carbocycles. The van der Waals surface area contributed by atoms with Crippen LogP contribution in [0.4, 0.5) is 0 Å². The predicted molar refractivity (Wildman–Crippen MR) is 87.7 cm³/mol. The smallest absolute Gasteiger partial charge is 0.116 e. The van der Waals surface area contributed by atoms with E-state index < -0.39 is 0 Å². The molecule has 0 saturated heterocycles. The van der Waals surface area contributed by atoms with Crippen molar-refractivity contribution in [1.29, 1.82) is 0 Å². The number of benzene rings is 2. The summed E-state index contributed by atoms with van der Waals surface area (Å²) in [7, 11) is 0. The van der Waals surface area contributed by atoms with Crippen LogP contribution in [0.1, 0.15) is 5.56 Å². The molecule has 0 radical (unpaired) electrons. The minimum absolute atomic E-state index is 0.705. The van der Waals surface area contributed by atoms with E-state index in [9.17, 15) is 0 Å². The van der Waals surface area contributed by atoms with Crippen LogP contribution >= 0.6 is 23.2 Å². The van der Waals surface area contributed by atoms with Crippen LogP contribution in [-0.4, -0.2) is 9.97 Å². The average Bonchev–Trinajstić information content (AvgIpc) is 2.51. The lowest BCUT2D eigenvalue weighted by atomic mass is 9.98. The Labute approximate surface area is 133 Å². The fraction of sp³-hybridized carbons (Fsp3) is 0.0588. The second kappa shape index (κ2) is 5.84. The zero-order valence-corrected chi connectivity index (χ0v) is 12.9. The molecule has 2 nitrogen and oxygen atoms in total. The van der Waals surface area contributed by atoms with Crippen molar-refractivity contribution in [2.24, 2.45) is 0 Å². The lowest BCUT2D eigenvalue weighted by Gasteiger charge is -2.11. The molecule has 1 aromatic heterocycles. The van der Waals surface area contributed by atoms with E-state index in [2.05, 4.69) is 9.97 Å². The van der Waals surface area contributed by atoms with Crippen molar-refractivity contribution in [2.75, 3.05) is 0 Å². The van der Waals surface area contributed by atoms with Gasteiger partial charge in [0, 0.05) is 27.4 Å². The van der Waals surface area contributed by atoms with Crippen LogP contribution in [0.15, 0.2) is 55.0 Å². The second-order valence-electron chi connectivity index (χ2n) is 4.70. The fourth-order valence-electron chi connectivity index (χ4n) is 2.25. The standard InChI is InChI=1S/C17H12Cl2N2/c1-11-14(3-2-4-16(11)19)17-15(9-20-10-21-17)12-5-7-13(18)8-6-12/h2-10H,1H3. The van der Waals surface area contributed by atoms with E-state index in [0.717, 1.165) is 33.0 Å². The Kier molecular flexibility index (Phi) is 3.91. The molecule has 21 heavy (non-hydrogen) atoms. The predicted octanol–water partition coefficient (Wildman–Crippen LogP) is 5.43. The van der Waals surface area contributed by atoms with E-state index in [1.54, 1.807) is 6.33 Å². The van der Waals surface area contributed by atoms with Crippen LogP contribution in [0.25, 0.3) is 22.4 Å². The van der Waals surface area contributed by atoms with Crippen molar-refractivity contribution in [2.45, 2.75) is 6.92 Å².